The Labute approximate surface area is 560 Å². The number of ether oxygens (including phenoxy) is 4. The van der Waals surface area contributed by atoms with Gasteiger partial charge in [-0.25, -0.2) is 4.79 Å². The van der Waals surface area contributed by atoms with E-state index in [0.717, 1.165) is 57.8 Å². The minimum absolute atomic E-state index is 0. The van der Waals surface area contributed by atoms with Crippen LogP contribution >= 0.6 is 11.8 Å². The van der Waals surface area contributed by atoms with Crippen molar-refractivity contribution in [2.24, 2.45) is 29.4 Å². The molecule has 1 aliphatic carbocycles. The van der Waals surface area contributed by atoms with Crippen LogP contribution in [0, 0.1) is 23.7 Å². The first kappa shape index (κ1) is 106. The highest BCUT2D eigenvalue weighted by Gasteiger charge is 2.30. The standard InChI is InChI=1S/C55H94N4O18S.C4H9NO.8CH4/c1-41(48(63)35-44(36-60)54(70)71)39-78-40-51(66)57-27-26-56-50(65)38-77-34-31-74-29-14-16-46(62)37-76-33-32-75-30-28-58-49(64)25-24-47(55(72)73)59-53(69)43-21-18-42(19-22-43)20-23-45(61)15-12-10-8-6-4-2-3-5-7-9-11-13-17-52(67)68;1-3(5)4(2)6;;;;;;;;/h41-44,47,60H,2-40H2,1H3,(H,56,65)(H,57,66)(H,58,64)(H,59,69)(H,67,68)(H,70,71)(H,72,73);3H,5H2,1-2H3;8*1H4/t41-,42?,43?,44-,47-;3-;;;;;;;;/m00......../s1. The summed E-state index contributed by atoms with van der Waals surface area (Å²) in [5.41, 5.74) is 5.09. The maximum absolute atomic E-state index is 13.0. The van der Waals surface area contributed by atoms with Crippen molar-refractivity contribution in [2.45, 2.75) is 253 Å². The van der Waals surface area contributed by atoms with Crippen LogP contribution in [-0.2, 0) is 71.7 Å². The number of carbonyl (C=O) groups is 11. The Kier molecular flexibility index (Phi) is 81.0. The molecule has 4 amide bonds. The molecule has 0 heterocycles. The number of unbranched alkanes of at least 4 members (excludes halogenated alkanes) is 11. The van der Waals surface area contributed by atoms with Crippen molar-refractivity contribution in [1.82, 2.24) is 21.3 Å². The van der Waals surface area contributed by atoms with Gasteiger partial charge in [-0.15, -0.1) is 0 Å². The van der Waals surface area contributed by atoms with Gasteiger partial charge in [0.05, 0.1) is 57.4 Å². The number of hydrogen-bond donors (Lipinski definition) is 9. The second-order valence-electron chi connectivity index (χ2n) is 21.6. The van der Waals surface area contributed by atoms with Crippen molar-refractivity contribution in [3.63, 3.8) is 0 Å². The molecule has 92 heavy (non-hydrogen) atoms. The summed E-state index contributed by atoms with van der Waals surface area (Å²) in [5, 5.41) is 47.0. The number of aliphatic hydroxyl groups is 1. The fourth-order valence-corrected chi connectivity index (χ4v) is 9.52. The Morgan fingerprint density at radius 2 is 0.989 bits per heavy atom. The molecule has 0 bridgehead atoms. The van der Waals surface area contributed by atoms with Gasteiger partial charge in [0.25, 0.3) is 0 Å². The number of carboxylic acid groups (broad SMARTS) is 3. The highest BCUT2D eigenvalue weighted by atomic mass is 32.2. The van der Waals surface area contributed by atoms with E-state index < -0.39 is 42.4 Å². The molecule has 24 nitrogen and oxygen atoms in total. The number of hydrogen-bond acceptors (Lipinski definition) is 18. The van der Waals surface area contributed by atoms with E-state index in [2.05, 4.69) is 21.3 Å². The summed E-state index contributed by atoms with van der Waals surface area (Å²) < 4.78 is 21.5. The topological polar surface area (TPSA) is 380 Å². The minimum atomic E-state index is -1.24. The number of thioether (sulfide) groups is 1. The predicted molar refractivity (Wildman–Crippen MR) is 370 cm³/mol. The molecule has 25 heteroatoms. The quantitative estimate of drug-likeness (QED) is 0.0256. The third kappa shape index (κ3) is 63.8. The number of ketones is 4. The van der Waals surface area contributed by atoms with Crippen LogP contribution in [0.25, 0.3) is 0 Å². The molecule has 0 spiro atoms. The number of aliphatic hydroxyl groups excluding tert-OH is 1. The van der Waals surface area contributed by atoms with Crippen LogP contribution in [0.15, 0.2) is 0 Å². The van der Waals surface area contributed by atoms with Gasteiger partial charge in [0.15, 0.2) is 5.78 Å². The zero-order valence-electron chi connectivity index (χ0n) is 50.4. The molecule has 1 saturated carbocycles. The minimum Gasteiger partial charge on any atom is -0.481 e. The van der Waals surface area contributed by atoms with Crippen LogP contribution in [0.4, 0.5) is 0 Å². The predicted octanol–water partition coefficient (Wildman–Crippen LogP) is 9.84. The Balaban J connectivity index is -0.000000668. The molecule has 0 aliphatic heterocycles. The van der Waals surface area contributed by atoms with Gasteiger partial charge in [-0.3, -0.25) is 47.9 Å². The Morgan fingerprint density at radius 1 is 0.522 bits per heavy atom. The Morgan fingerprint density at radius 3 is 1.49 bits per heavy atom. The van der Waals surface area contributed by atoms with E-state index in [9.17, 15) is 57.8 Å². The summed E-state index contributed by atoms with van der Waals surface area (Å²) in [4.78, 5) is 130. The molecule has 0 aromatic carbocycles. The van der Waals surface area contributed by atoms with E-state index in [1.165, 1.54) is 57.2 Å². The Bertz CT molecular complexity index is 1910. The van der Waals surface area contributed by atoms with Crippen LogP contribution in [0.3, 0.4) is 0 Å². The van der Waals surface area contributed by atoms with Crippen molar-refractivity contribution in [2.75, 3.05) is 90.6 Å². The normalized spacial score (nSPS) is 13.9. The zero-order chi connectivity index (χ0) is 62.8. The molecule has 0 aromatic heterocycles. The Hall–Kier alpha value is -4.92. The zero-order valence-corrected chi connectivity index (χ0v) is 51.3. The van der Waals surface area contributed by atoms with Gasteiger partial charge < -0.3 is 66.4 Å². The largest absolute Gasteiger partial charge is 0.481 e. The monoisotopic (exact) mass is 1350 g/mol. The van der Waals surface area contributed by atoms with Crippen LogP contribution in [0.5, 0.6) is 0 Å². The molecule has 0 radical (unpaired) electrons. The van der Waals surface area contributed by atoms with Crippen molar-refractivity contribution < 1.29 is 92.1 Å². The van der Waals surface area contributed by atoms with Crippen molar-refractivity contribution in [3.8, 4) is 0 Å². The molecule has 0 saturated heterocycles. The number of rotatable bonds is 54. The first-order valence-electron chi connectivity index (χ1n) is 30.3. The van der Waals surface area contributed by atoms with E-state index in [-0.39, 0.29) is 216 Å². The van der Waals surface area contributed by atoms with Crippen LogP contribution in [0.2, 0.25) is 0 Å². The smallest absolute Gasteiger partial charge is 0.326 e. The van der Waals surface area contributed by atoms with Crippen LogP contribution in [0.1, 0.15) is 241 Å². The van der Waals surface area contributed by atoms with E-state index in [4.69, 9.17) is 40.0 Å². The molecule has 1 aliphatic rings. The van der Waals surface area contributed by atoms with Gasteiger partial charge in [-0.05, 0) is 77.6 Å². The number of carboxylic acids is 3. The number of carbonyl (C=O) groups excluding carboxylic acids is 8. The summed E-state index contributed by atoms with van der Waals surface area (Å²) >= 11 is 1.22. The van der Waals surface area contributed by atoms with Gasteiger partial charge in [0.1, 0.15) is 36.6 Å². The second kappa shape index (κ2) is 70.4. The number of nitrogens with two attached hydrogens (primary N) is 1. The summed E-state index contributed by atoms with van der Waals surface area (Å²) in [7, 11) is 0. The molecule has 548 valence electrons. The van der Waals surface area contributed by atoms with Gasteiger partial charge in [0.2, 0.25) is 23.6 Å². The SMILES string of the molecule is C.C.C.C.C.C.C.C.CC(=O)[C@H](C)N.C[C@@H](CSCC(=O)NCCNC(=O)COCCOCCCC(=O)COCCOCCNC(=O)CC[C@H](NC(=O)C1CCC(CCC(=O)CCCCCCCCCCCCCCC(=O)O)CC1)C(=O)O)C(=O)C[C@@H](CO)C(=O)O. The van der Waals surface area contributed by atoms with Gasteiger partial charge in [-0.2, -0.15) is 11.8 Å². The molecule has 10 N–H and O–H groups in total. The molecule has 0 aromatic rings. The fourth-order valence-electron chi connectivity index (χ4n) is 8.58. The van der Waals surface area contributed by atoms with Gasteiger partial charge >= 0.3 is 17.9 Å². The number of nitrogens with one attached hydrogen (secondary N) is 4. The lowest BCUT2D eigenvalue weighted by Gasteiger charge is -2.28. The summed E-state index contributed by atoms with van der Waals surface area (Å²) in [6.45, 7) is 5.65. The molecular weight excluding hydrogens is 1210 g/mol. The van der Waals surface area contributed by atoms with Crippen LogP contribution in [-0.4, -0.2) is 188 Å². The lowest BCUT2D eigenvalue weighted by molar-refractivity contribution is -0.145. The number of aliphatic carboxylic acids is 3. The van der Waals surface area contributed by atoms with Crippen molar-refractivity contribution in [3.05, 3.63) is 0 Å². The van der Waals surface area contributed by atoms with Crippen LogP contribution < -0.4 is 27.0 Å². The van der Waals surface area contributed by atoms with E-state index >= 15 is 0 Å². The fraction of sp³-hybridized carbons (Fsp3) is 0.836. The first-order chi connectivity index (χ1) is 40.2. The third-order valence-corrected chi connectivity index (χ3v) is 15.3. The third-order valence-electron chi connectivity index (χ3n) is 14.1. The average molecular weight is 1350 g/mol. The first-order valence-corrected chi connectivity index (χ1v) is 31.4. The lowest BCUT2D eigenvalue weighted by Crippen LogP contribution is -2.45. The van der Waals surface area contributed by atoms with E-state index in [1.807, 2.05) is 0 Å². The van der Waals surface area contributed by atoms with Gasteiger partial charge in [-0.1, -0.05) is 131 Å². The number of Topliss-reactive ketones (excluding diaryl/α,β-unsaturated/α-hetero) is 4. The second-order valence-corrected chi connectivity index (χ2v) is 22.6. The van der Waals surface area contributed by atoms with Gasteiger partial charge in [0, 0.05) is 82.4 Å². The lowest BCUT2D eigenvalue weighted by atomic mass is 9.79. The van der Waals surface area contributed by atoms with Crippen molar-refractivity contribution >= 4 is 76.4 Å². The van der Waals surface area contributed by atoms with E-state index in [0.29, 0.717) is 56.2 Å². The summed E-state index contributed by atoms with van der Waals surface area (Å²) in [6, 6.07) is -1.48. The summed E-state index contributed by atoms with van der Waals surface area (Å²) in [5.74, 6) is -5.72. The maximum atomic E-state index is 13.0. The van der Waals surface area contributed by atoms with Crippen molar-refractivity contribution in [1.29, 1.82) is 0 Å². The van der Waals surface area contributed by atoms with E-state index in [1.54, 1.807) is 13.8 Å². The number of amides is 4. The molecule has 4 atom stereocenters. The average Bonchev–Trinajstić information content (AvgIpc) is 1.63. The molecule has 1 fully saturated rings. The summed E-state index contributed by atoms with van der Waals surface area (Å²) in [6.07, 6.45) is 18.7. The molecule has 0 unspecified atom stereocenters. The molecule has 1 rings (SSSR count). The highest BCUT2D eigenvalue weighted by molar-refractivity contribution is 7.99. The highest BCUT2D eigenvalue weighted by Crippen LogP contribution is 2.32. The maximum Gasteiger partial charge on any atom is 0.326 e. The molecular formula is C67H135N5O19S.